The Bertz CT molecular complexity index is 224. The lowest BCUT2D eigenvalue weighted by Gasteiger charge is -2.26. The fourth-order valence-corrected chi connectivity index (χ4v) is 1.53. The van der Waals surface area contributed by atoms with Gasteiger partial charge in [-0.1, -0.05) is 5.21 Å². The molecule has 2 rings (SSSR count). The number of nitrogens with zero attached hydrogens (tertiary/aromatic N) is 4. The molecule has 0 spiro atoms. The molecule has 0 saturated carbocycles. The van der Waals surface area contributed by atoms with Gasteiger partial charge >= 0.3 is 0 Å². The van der Waals surface area contributed by atoms with E-state index < -0.39 is 0 Å². The SMILES string of the molecule is [CH2]N1CCC(c2nn[nH]n2)CC1. The van der Waals surface area contributed by atoms with E-state index >= 15 is 0 Å². The molecule has 65 valence electrons. The van der Waals surface area contributed by atoms with Crippen LogP contribution in [-0.2, 0) is 0 Å². The van der Waals surface area contributed by atoms with Crippen LogP contribution in [0, 0.1) is 7.05 Å². The minimum absolute atomic E-state index is 0.474. The average Bonchev–Trinajstić information content (AvgIpc) is 2.58. The molecule has 0 aromatic carbocycles. The Morgan fingerprint density at radius 1 is 1.42 bits per heavy atom. The molecule has 0 amide bonds. The van der Waals surface area contributed by atoms with E-state index in [-0.39, 0.29) is 0 Å². The zero-order chi connectivity index (χ0) is 8.39. The molecular weight excluding hydrogens is 154 g/mol. The number of nitrogens with one attached hydrogen (secondary N) is 1. The van der Waals surface area contributed by atoms with E-state index in [1.165, 1.54) is 0 Å². The number of aromatic amines is 1. The van der Waals surface area contributed by atoms with Crippen molar-refractivity contribution in [1.29, 1.82) is 0 Å². The number of hydrogen-bond donors (Lipinski definition) is 1. The van der Waals surface area contributed by atoms with Crippen LogP contribution in [0.15, 0.2) is 0 Å². The maximum atomic E-state index is 3.98. The maximum Gasteiger partial charge on any atom is 0.177 e. The molecule has 5 heteroatoms. The lowest BCUT2D eigenvalue weighted by Crippen LogP contribution is -2.28. The Hall–Kier alpha value is -0.970. The van der Waals surface area contributed by atoms with Crippen molar-refractivity contribution in [3.05, 3.63) is 12.9 Å². The van der Waals surface area contributed by atoms with Crippen LogP contribution in [0.3, 0.4) is 0 Å². The van der Waals surface area contributed by atoms with E-state index in [4.69, 9.17) is 0 Å². The maximum absolute atomic E-state index is 3.98. The highest BCUT2D eigenvalue weighted by atomic mass is 15.5. The van der Waals surface area contributed by atoms with Crippen molar-refractivity contribution in [2.75, 3.05) is 13.1 Å². The molecule has 1 aliphatic rings. The standard InChI is InChI=1S/C7H12N5/c1-12-4-2-6(3-5-12)7-8-10-11-9-7/h6H,1-5H2,(H,8,9,10,11). The van der Waals surface area contributed by atoms with Crippen LogP contribution in [0.4, 0.5) is 0 Å². The molecular formula is C7H12N5. The van der Waals surface area contributed by atoms with Gasteiger partial charge in [-0.15, -0.1) is 10.2 Å². The van der Waals surface area contributed by atoms with Crippen molar-refractivity contribution in [3.8, 4) is 0 Å². The fraction of sp³-hybridized carbons (Fsp3) is 0.714. The molecule has 1 radical (unpaired) electrons. The van der Waals surface area contributed by atoms with E-state index in [1.807, 2.05) is 0 Å². The minimum atomic E-state index is 0.474. The van der Waals surface area contributed by atoms with Crippen molar-refractivity contribution < 1.29 is 0 Å². The van der Waals surface area contributed by atoms with E-state index in [2.05, 4.69) is 32.6 Å². The van der Waals surface area contributed by atoms with Crippen LogP contribution in [-0.4, -0.2) is 38.6 Å². The van der Waals surface area contributed by atoms with Crippen LogP contribution in [0.25, 0.3) is 0 Å². The first-order chi connectivity index (χ1) is 5.86. The molecule has 1 fully saturated rings. The summed E-state index contributed by atoms with van der Waals surface area (Å²) in [6.45, 7) is 2.05. The summed E-state index contributed by atoms with van der Waals surface area (Å²) in [5, 5.41) is 14.0. The Morgan fingerprint density at radius 3 is 2.75 bits per heavy atom. The van der Waals surface area contributed by atoms with Gasteiger partial charge in [0.15, 0.2) is 5.82 Å². The molecule has 12 heavy (non-hydrogen) atoms. The Morgan fingerprint density at radius 2 is 2.17 bits per heavy atom. The van der Waals surface area contributed by atoms with Crippen LogP contribution in [0.1, 0.15) is 24.6 Å². The Labute approximate surface area is 71.1 Å². The summed E-state index contributed by atoms with van der Waals surface area (Å²) in [6, 6.07) is 0. The Balaban J connectivity index is 1.99. The van der Waals surface area contributed by atoms with Gasteiger partial charge in [-0.25, -0.2) is 0 Å². The third-order valence-electron chi connectivity index (χ3n) is 2.31. The molecule has 1 saturated heterocycles. The van der Waals surface area contributed by atoms with Gasteiger partial charge in [0.2, 0.25) is 0 Å². The Kier molecular flexibility index (Phi) is 2.03. The normalized spacial score (nSPS) is 21.4. The first-order valence-corrected chi connectivity index (χ1v) is 4.15. The number of piperidine rings is 1. The molecule has 1 aromatic rings. The largest absolute Gasteiger partial charge is 0.302 e. The molecule has 0 aliphatic carbocycles. The molecule has 0 atom stereocenters. The first kappa shape index (κ1) is 7.67. The zero-order valence-corrected chi connectivity index (χ0v) is 6.90. The van der Waals surface area contributed by atoms with E-state index in [9.17, 15) is 0 Å². The lowest BCUT2D eigenvalue weighted by molar-refractivity contribution is 0.275. The van der Waals surface area contributed by atoms with Gasteiger partial charge in [-0.3, -0.25) is 0 Å². The summed E-state index contributed by atoms with van der Waals surface area (Å²) < 4.78 is 0. The van der Waals surface area contributed by atoms with E-state index in [0.29, 0.717) is 5.92 Å². The van der Waals surface area contributed by atoms with Gasteiger partial charge in [0.25, 0.3) is 0 Å². The van der Waals surface area contributed by atoms with Crippen molar-refractivity contribution in [2.24, 2.45) is 0 Å². The minimum Gasteiger partial charge on any atom is -0.302 e. The highest BCUT2D eigenvalue weighted by Gasteiger charge is 2.21. The predicted octanol–water partition coefficient (Wildman–Crippen LogP) is 0.171. The third-order valence-corrected chi connectivity index (χ3v) is 2.31. The van der Waals surface area contributed by atoms with Gasteiger partial charge in [-0.05, 0) is 25.9 Å². The lowest BCUT2D eigenvalue weighted by atomic mass is 9.97. The predicted molar refractivity (Wildman–Crippen MR) is 43.1 cm³/mol. The summed E-state index contributed by atoms with van der Waals surface area (Å²) in [6.07, 6.45) is 2.17. The average molecular weight is 166 g/mol. The summed E-state index contributed by atoms with van der Waals surface area (Å²) in [5.41, 5.74) is 0. The van der Waals surface area contributed by atoms with Crippen LogP contribution in [0.5, 0.6) is 0 Å². The number of rotatable bonds is 1. The molecule has 1 N–H and O–H groups in total. The monoisotopic (exact) mass is 166 g/mol. The van der Waals surface area contributed by atoms with Crippen molar-refractivity contribution in [3.63, 3.8) is 0 Å². The number of tetrazole rings is 1. The second kappa shape index (κ2) is 3.18. The summed E-state index contributed by atoms with van der Waals surface area (Å²) in [4.78, 5) is 2.08. The fourth-order valence-electron chi connectivity index (χ4n) is 1.53. The molecule has 1 aliphatic heterocycles. The van der Waals surface area contributed by atoms with Gasteiger partial charge in [0, 0.05) is 13.0 Å². The first-order valence-electron chi connectivity index (χ1n) is 4.15. The van der Waals surface area contributed by atoms with E-state index in [1.54, 1.807) is 0 Å². The number of H-pyrrole nitrogens is 1. The van der Waals surface area contributed by atoms with Gasteiger partial charge in [-0.2, -0.15) is 5.21 Å². The molecule has 5 nitrogen and oxygen atoms in total. The second-order valence-electron chi connectivity index (χ2n) is 3.16. The van der Waals surface area contributed by atoms with Crippen molar-refractivity contribution in [1.82, 2.24) is 25.5 Å². The second-order valence-corrected chi connectivity index (χ2v) is 3.16. The van der Waals surface area contributed by atoms with Crippen molar-refractivity contribution in [2.45, 2.75) is 18.8 Å². The number of aromatic nitrogens is 4. The third kappa shape index (κ3) is 1.45. The molecule has 0 unspecified atom stereocenters. The van der Waals surface area contributed by atoms with Crippen LogP contribution in [0.2, 0.25) is 0 Å². The van der Waals surface area contributed by atoms with Crippen LogP contribution < -0.4 is 0 Å². The highest BCUT2D eigenvalue weighted by Crippen LogP contribution is 2.23. The van der Waals surface area contributed by atoms with E-state index in [0.717, 1.165) is 31.8 Å². The quantitative estimate of drug-likeness (QED) is 0.646. The van der Waals surface area contributed by atoms with Gasteiger partial charge < -0.3 is 4.90 Å². The van der Waals surface area contributed by atoms with Crippen LogP contribution >= 0.6 is 0 Å². The number of hydrogen-bond acceptors (Lipinski definition) is 4. The molecule has 2 heterocycles. The number of likely N-dealkylation sites (tertiary alicyclic amines) is 1. The smallest absolute Gasteiger partial charge is 0.177 e. The van der Waals surface area contributed by atoms with Gasteiger partial charge in [0.1, 0.15) is 0 Å². The zero-order valence-electron chi connectivity index (χ0n) is 6.90. The highest BCUT2D eigenvalue weighted by molar-refractivity contribution is 4.93. The summed E-state index contributed by atoms with van der Waals surface area (Å²) >= 11 is 0. The van der Waals surface area contributed by atoms with Gasteiger partial charge in [0.05, 0.1) is 0 Å². The summed E-state index contributed by atoms with van der Waals surface area (Å²) in [7, 11) is 3.88. The molecule has 0 bridgehead atoms. The molecule has 1 aromatic heterocycles. The summed E-state index contributed by atoms with van der Waals surface area (Å²) in [5.74, 6) is 1.32. The topological polar surface area (TPSA) is 57.7 Å². The van der Waals surface area contributed by atoms with Crippen molar-refractivity contribution >= 4 is 0 Å².